The number of hydrogen-bond donors (Lipinski definition) is 1. The van der Waals surface area contributed by atoms with Gasteiger partial charge in [0.2, 0.25) is 0 Å². The van der Waals surface area contributed by atoms with Crippen LogP contribution in [0.1, 0.15) is 296 Å². The van der Waals surface area contributed by atoms with E-state index in [1.807, 2.05) is 21.1 Å². The molecule has 9 heteroatoms. The molecule has 0 fully saturated rings. The predicted molar refractivity (Wildman–Crippen MR) is 336 cm³/mol. The first-order chi connectivity index (χ1) is 38.6. The van der Waals surface area contributed by atoms with Gasteiger partial charge in [-0.05, 0) is 89.9 Å². The summed E-state index contributed by atoms with van der Waals surface area (Å²) in [6.45, 7) is 4.87. The summed E-state index contributed by atoms with van der Waals surface area (Å²) in [4.78, 5) is 37.6. The van der Waals surface area contributed by atoms with Gasteiger partial charge in [0.1, 0.15) is 13.2 Å². The van der Waals surface area contributed by atoms with E-state index in [1.54, 1.807) is 0 Å². The van der Waals surface area contributed by atoms with Crippen molar-refractivity contribution in [2.75, 3.05) is 47.5 Å². The molecule has 0 aliphatic carbocycles. The number of carbonyl (C=O) groups is 3. The zero-order valence-electron chi connectivity index (χ0n) is 52.3. The second-order valence-corrected chi connectivity index (χ2v) is 23.4. The lowest BCUT2D eigenvalue weighted by Crippen LogP contribution is -2.40. The number of carboxylic acids is 1. The highest BCUT2D eigenvalue weighted by Gasteiger charge is 2.25. The van der Waals surface area contributed by atoms with Crippen LogP contribution in [0.15, 0.2) is 72.9 Å². The first kappa shape index (κ1) is 75.7. The van der Waals surface area contributed by atoms with E-state index in [2.05, 4.69) is 86.8 Å². The Labute approximate surface area is 487 Å². The minimum Gasteiger partial charge on any atom is -0.477 e. The van der Waals surface area contributed by atoms with Crippen LogP contribution in [0.25, 0.3) is 0 Å². The van der Waals surface area contributed by atoms with Gasteiger partial charge in [-0.1, -0.05) is 267 Å². The molecule has 0 rings (SSSR count). The van der Waals surface area contributed by atoms with Crippen molar-refractivity contribution in [2.45, 2.75) is 309 Å². The molecule has 9 nitrogen and oxygen atoms in total. The van der Waals surface area contributed by atoms with Crippen LogP contribution in [-0.4, -0.2) is 87.4 Å². The third-order valence-corrected chi connectivity index (χ3v) is 14.4. The summed E-state index contributed by atoms with van der Waals surface area (Å²) in [6.07, 6.45) is 77.1. The summed E-state index contributed by atoms with van der Waals surface area (Å²) < 4.78 is 23.0. The van der Waals surface area contributed by atoms with Gasteiger partial charge in [-0.15, -0.1) is 0 Å². The molecule has 1 N–H and O–H groups in total. The number of esters is 2. The normalized spacial score (nSPS) is 13.2. The minimum absolute atomic E-state index is 0.185. The van der Waals surface area contributed by atoms with Crippen molar-refractivity contribution in [3.63, 3.8) is 0 Å². The first-order valence-corrected chi connectivity index (χ1v) is 33.1. The van der Waals surface area contributed by atoms with E-state index in [9.17, 15) is 19.5 Å². The number of likely N-dealkylation sites (N-methyl/N-ethyl adjacent to an activating group) is 1. The molecule has 0 aliphatic heterocycles. The van der Waals surface area contributed by atoms with Gasteiger partial charge in [0.15, 0.2) is 6.10 Å². The molecule has 0 heterocycles. The number of nitrogens with zero attached hydrogens (tertiary/aromatic N) is 1. The number of carbonyl (C=O) groups excluding carboxylic acids is 2. The van der Waals surface area contributed by atoms with Crippen LogP contribution in [0, 0.1) is 0 Å². The maximum atomic E-state index is 12.9. The minimum atomic E-state index is -1.51. The number of quaternary nitrogens is 1. The Kier molecular flexibility index (Phi) is 58.3. The van der Waals surface area contributed by atoms with Crippen LogP contribution in [-0.2, 0) is 33.3 Å². The van der Waals surface area contributed by atoms with E-state index in [-0.39, 0.29) is 32.2 Å². The second kappa shape index (κ2) is 60.8. The summed E-state index contributed by atoms with van der Waals surface area (Å²) in [5.74, 6) is -2.01. The van der Waals surface area contributed by atoms with Crippen LogP contribution in [0.3, 0.4) is 0 Å². The highest BCUT2D eigenvalue weighted by Crippen LogP contribution is 2.17. The van der Waals surface area contributed by atoms with Gasteiger partial charge in [0, 0.05) is 12.8 Å². The predicted octanol–water partition coefficient (Wildman–Crippen LogP) is 20.1. The van der Waals surface area contributed by atoms with Crippen LogP contribution in [0.5, 0.6) is 0 Å². The molecule has 0 amide bonds. The quantitative estimate of drug-likeness (QED) is 0.0211. The van der Waals surface area contributed by atoms with Crippen molar-refractivity contribution in [3.05, 3.63) is 72.9 Å². The zero-order valence-corrected chi connectivity index (χ0v) is 52.3. The topological polar surface area (TPSA) is 108 Å². The Hall–Kier alpha value is -3.27. The van der Waals surface area contributed by atoms with E-state index < -0.39 is 24.3 Å². The van der Waals surface area contributed by atoms with Crippen LogP contribution in [0.2, 0.25) is 0 Å². The van der Waals surface area contributed by atoms with Crippen LogP contribution in [0.4, 0.5) is 0 Å². The fourth-order valence-electron chi connectivity index (χ4n) is 9.32. The number of carboxylic acid groups (broad SMARTS) is 1. The number of ether oxygens (including phenoxy) is 4. The lowest BCUT2D eigenvalue weighted by molar-refractivity contribution is -0.870. The molecule has 0 spiro atoms. The number of rotatable bonds is 61. The standard InChI is InChI=1S/C70H125NO8/c1-6-8-10-12-14-16-18-20-22-24-26-28-30-31-32-33-34-35-36-37-39-41-43-45-47-49-51-53-55-57-59-61-68(73)79-66(65-78-70(69(74)75)76-63-62-71(3,4)5)64-77-67(72)60-58-56-54-52-50-48-46-44-42-40-38-29-27-25-23-21-19-17-15-13-11-9-7-2/h18-21,24-27,30-31,38,40,66,70H,6-17,22-23,28-29,32-37,39,41-65H2,1-5H3/p+1/b20-18-,21-19-,26-24-,27-25-,31-30-,40-38-. The Morgan fingerprint density at radius 1 is 0.380 bits per heavy atom. The van der Waals surface area contributed by atoms with Gasteiger partial charge in [-0.2, -0.15) is 0 Å². The first-order valence-electron chi connectivity index (χ1n) is 33.1. The lowest BCUT2D eigenvalue weighted by Gasteiger charge is -2.25. The number of allylic oxidation sites excluding steroid dienone is 12. The average molecular weight is 1110 g/mol. The Morgan fingerprint density at radius 2 is 0.684 bits per heavy atom. The van der Waals surface area contributed by atoms with E-state index >= 15 is 0 Å². The zero-order chi connectivity index (χ0) is 57.6. The van der Waals surface area contributed by atoms with Crippen molar-refractivity contribution in [3.8, 4) is 0 Å². The molecule has 79 heavy (non-hydrogen) atoms. The van der Waals surface area contributed by atoms with Crippen molar-refractivity contribution >= 4 is 17.9 Å². The monoisotopic (exact) mass is 1110 g/mol. The molecular formula is C70H126NO8+. The number of unbranched alkanes of at least 4 members (excludes halogenated alkanes) is 34. The molecule has 0 aromatic heterocycles. The maximum absolute atomic E-state index is 12.9. The van der Waals surface area contributed by atoms with E-state index in [0.29, 0.717) is 17.4 Å². The van der Waals surface area contributed by atoms with Crippen molar-refractivity contribution in [2.24, 2.45) is 0 Å². The molecule has 2 unspecified atom stereocenters. The third kappa shape index (κ3) is 62.2. The van der Waals surface area contributed by atoms with Crippen LogP contribution < -0.4 is 0 Å². The third-order valence-electron chi connectivity index (χ3n) is 14.4. The van der Waals surface area contributed by atoms with Gasteiger partial charge in [0.25, 0.3) is 6.29 Å². The van der Waals surface area contributed by atoms with E-state index in [1.165, 1.54) is 193 Å². The van der Waals surface area contributed by atoms with Crippen LogP contribution >= 0.6 is 0 Å². The fraction of sp³-hybridized carbons (Fsp3) is 0.786. The summed E-state index contributed by atoms with van der Waals surface area (Å²) in [7, 11) is 5.97. The molecule has 0 aliphatic rings. The summed E-state index contributed by atoms with van der Waals surface area (Å²) >= 11 is 0. The fourth-order valence-corrected chi connectivity index (χ4v) is 9.32. The molecule has 0 bridgehead atoms. The summed E-state index contributed by atoms with van der Waals surface area (Å²) in [5.41, 5.74) is 0. The van der Waals surface area contributed by atoms with Gasteiger partial charge >= 0.3 is 17.9 Å². The molecule has 0 saturated carbocycles. The van der Waals surface area contributed by atoms with Gasteiger partial charge in [0.05, 0.1) is 34.4 Å². The molecule has 0 saturated heterocycles. The van der Waals surface area contributed by atoms with Gasteiger partial charge < -0.3 is 28.5 Å². The smallest absolute Gasteiger partial charge is 0.361 e. The SMILES string of the molecule is CCCCCCC/C=C\C/C=C\C/C=C\CCCCCCCCCCCCCCCCCCC(=O)OC(COC(=O)CCCCCCCCCC/C=C\C/C=C\C/C=C\CCCCCCC)COC(OCC[N+](C)(C)C)C(=O)O. The highest BCUT2D eigenvalue weighted by atomic mass is 16.7. The number of hydrogen-bond acceptors (Lipinski definition) is 7. The Balaban J connectivity index is 4.16. The summed E-state index contributed by atoms with van der Waals surface area (Å²) in [5, 5.41) is 9.73. The largest absolute Gasteiger partial charge is 0.477 e. The summed E-state index contributed by atoms with van der Waals surface area (Å²) in [6, 6.07) is 0. The van der Waals surface area contributed by atoms with Gasteiger partial charge in [-0.3, -0.25) is 9.59 Å². The molecule has 0 aromatic rings. The van der Waals surface area contributed by atoms with E-state index in [0.717, 1.165) is 77.0 Å². The molecular weight excluding hydrogens is 983 g/mol. The maximum Gasteiger partial charge on any atom is 0.361 e. The second-order valence-electron chi connectivity index (χ2n) is 23.4. The van der Waals surface area contributed by atoms with E-state index in [4.69, 9.17) is 18.9 Å². The Morgan fingerprint density at radius 3 is 1.01 bits per heavy atom. The van der Waals surface area contributed by atoms with Crippen molar-refractivity contribution in [1.82, 2.24) is 0 Å². The van der Waals surface area contributed by atoms with Crippen molar-refractivity contribution < 1.29 is 42.9 Å². The van der Waals surface area contributed by atoms with Gasteiger partial charge in [-0.25, -0.2) is 4.79 Å². The average Bonchev–Trinajstić information content (AvgIpc) is 3.42. The Bertz CT molecular complexity index is 1520. The molecule has 2 atom stereocenters. The lowest BCUT2D eigenvalue weighted by atomic mass is 10.0. The number of aliphatic carboxylic acids is 1. The van der Waals surface area contributed by atoms with Crippen molar-refractivity contribution in [1.29, 1.82) is 0 Å². The molecule has 0 aromatic carbocycles. The molecule has 0 radical (unpaired) electrons. The highest BCUT2D eigenvalue weighted by molar-refractivity contribution is 5.71. The molecule has 458 valence electrons.